The van der Waals surface area contributed by atoms with Gasteiger partial charge in [0.1, 0.15) is 0 Å². The van der Waals surface area contributed by atoms with E-state index < -0.39 is 11.6 Å². The number of hydrogen-bond acceptors (Lipinski definition) is 3. The number of halogens is 2. The summed E-state index contributed by atoms with van der Waals surface area (Å²) < 4.78 is 31.1. The van der Waals surface area contributed by atoms with Crippen LogP contribution >= 0.6 is 12.2 Å². The molecule has 0 amide bonds. The Hall–Kier alpha value is -1.31. The van der Waals surface area contributed by atoms with Gasteiger partial charge in [-0.1, -0.05) is 0 Å². The quantitative estimate of drug-likeness (QED) is 0.826. The van der Waals surface area contributed by atoms with Crippen molar-refractivity contribution in [2.24, 2.45) is 0 Å². The minimum Gasteiger partial charge on any atom is -0.379 e. The fraction of sp³-hybridized carbons (Fsp3) is 0.462. The van der Waals surface area contributed by atoms with Crippen LogP contribution in [-0.2, 0) is 4.74 Å². The third-order valence-electron chi connectivity index (χ3n) is 2.99. The summed E-state index contributed by atoms with van der Waals surface area (Å²) in [4.78, 5) is 2.27. The molecule has 0 unspecified atom stereocenters. The van der Waals surface area contributed by atoms with Crippen LogP contribution in [0.2, 0.25) is 0 Å². The first-order valence-corrected chi connectivity index (χ1v) is 6.86. The number of ether oxygens (including phenoxy) is 1. The monoisotopic (exact) mass is 301 g/mol. The molecule has 1 aliphatic heterocycles. The van der Waals surface area contributed by atoms with Crippen molar-refractivity contribution in [1.82, 2.24) is 10.2 Å². The van der Waals surface area contributed by atoms with Crippen molar-refractivity contribution in [3.05, 3.63) is 29.8 Å². The second-order valence-electron chi connectivity index (χ2n) is 4.46. The summed E-state index contributed by atoms with van der Waals surface area (Å²) in [6.07, 6.45) is 0. The molecule has 1 fully saturated rings. The van der Waals surface area contributed by atoms with Crippen LogP contribution in [-0.4, -0.2) is 49.4 Å². The number of benzene rings is 1. The van der Waals surface area contributed by atoms with E-state index in [9.17, 15) is 8.78 Å². The molecule has 0 atom stereocenters. The van der Waals surface area contributed by atoms with Gasteiger partial charge in [-0.3, -0.25) is 4.90 Å². The van der Waals surface area contributed by atoms with Crippen LogP contribution in [0.15, 0.2) is 18.2 Å². The molecule has 0 radical (unpaired) electrons. The van der Waals surface area contributed by atoms with Crippen molar-refractivity contribution in [3.63, 3.8) is 0 Å². The van der Waals surface area contributed by atoms with Crippen molar-refractivity contribution in [2.75, 3.05) is 44.7 Å². The van der Waals surface area contributed by atoms with Gasteiger partial charge in [0.25, 0.3) is 0 Å². The molecule has 110 valence electrons. The Balaban J connectivity index is 1.70. The molecule has 0 aromatic heterocycles. The third-order valence-corrected chi connectivity index (χ3v) is 3.24. The van der Waals surface area contributed by atoms with Crippen molar-refractivity contribution < 1.29 is 13.5 Å². The minimum atomic E-state index is -0.897. The van der Waals surface area contributed by atoms with Gasteiger partial charge in [0.15, 0.2) is 16.7 Å². The highest BCUT2D eigenvalue weighted by Crippen LogP contribution is 2.12. The summed E-state index contributed by atoms with van der Waals surface area (Å²) in [6, 6.07) is 3.58. The lowest BCUT2D eigenvalue weighted by Gasteiger charge is -2.26. The Labute approximate surface area is 122 Å². The summed E-state index contributed by atoms with van der Waals surface area (Å²) in [5, 5.41) is 6.25. The molecule has 1 saturated heterocycles. The van der Waals surface area contributed by atoms with Crippen LogP contribution in [0.3, 0.4) is 0 Å². The van der Waals surface area contributed by atoms with E-state index >= 15 is 0 Å². The van der Waals surface area contributed by atoms with Crippen LogP contribution in [0.25, 0.3) is 0 Å². The molecular formula is C13H17F2N3OS. The summed E-state index contributed by atoms with van der Waals surface area (Å²) in [6.45, 7) is 4.92. The zero-order chi connectivity index (χ0) is 14.4. The zero-order valence-electron chi connectivity index (χ0n) is 11.0. The molecule has 2 rings (SSSR count). The van der Waals surface area contributed by atoms with E-state index in [1.807, 2.05) is 0 Å². The average Bonchev–Trinajstić information content (AvgIpc) is 2.44. The molecule has 2 N–H and O–H groups in total. The molecule has 7 heteroatoms. The number of thiocarbonyl (C=S) groups is 1. The molecule has 1 aromatic rings. The lowest BCUT2D eigenvalue weighted by Crippen LogP contribution is -2.42. The molecule has 0 aliphatic carbocycles. The number of nitrogens with zero attached hydrogens (tertiary/aromatic N) is 1. The first-order valence-electron chi connectivity index (χ1n) is 6.45. The summed E-state index contributed by atoms with van der Waals surface area (Å²) >= 11 is 5.10. The molecule has 1 aromatic carbocycles. The maximum absolute atomic E-state index is 13.0. The maximum atomic E-state index is 13.0. The van der Waals surface area contributed by atoms with Crippen molar-refractivity contribution in [1.29, 1.82) is 0 Å². The van der Waals surface area contributed by atoms with Gasteiger partial charge in [0, 0.05) is 37.9 Å². The predicted molar refractivity (Wildman–Crippen MR) is 77.8 cm³/mol. The van der Waals surface area contributed by atoms with E-state index in [4.69, 9.17) is 17.0 Å². The zero-order valence-corrected chi connectivity index (χ0v) is 11.8. The first-order chi connectivity index (χ1) is 9.65. The van der Waals surface area contributed by atoms with Crippen LogP contribution < -0.4 is 10.6 Å². The molecular weight excluding hydrogens is 284 g/mol. The van der Waals surface area contributed by atoms with Crippen LogP contribution in [0.5, 0.6) is 0 Å². The largest absolute Gasteiger partial charge is 0.379 e. The van der Waals surface area contributed by atoms with Gasteiger partial charge in [0.2, 0.25) is 0 Å². The van der Waals surface area contributed by atoms with Crippen LogP contribution in [0, 0.1) is 11.6 Å². The van der Waals surface area contributed by atoms with Gasteiger partial charge in [-0.2, -0.15) is 0 Å². The average molecular weight is 301 g/mol. The van der Waals surface area contributed by atoms with Gasteiger partial charge in [0.05, 0.1) is 13.2 Å². The lowest BCUT2D eigenvalue weighted by atomic mass is 10.3. The number of nitrogens with one attached hydrogen (secondary N) is 2. The lowest BCUT2D eigenvalue weighted by molar-refractivity contribution is 0.0389. The Morgan fingerprint density at radius 2 is 2.00 bits per heavy atom. The second-order valence-corrected chi connectivity index (χ2v) is 4.87. The Morgan fingerprint density at radius 3 is 2.70 bits per heavy atom. The van der Waals surface area contributed by atoms with Gasteiger partial charge < -0.3 is 15.4 Å². The fourth-order valence-electron chi connectivity index (χ4n) is 1.90. The maximum Gasteiger partial charge on any atom is 0.170 e. The van der Waals surface area contributed by atoms with Crippen LogP contribution in [0.1, 0.15) is 0 Å². The summed E-state index contributed by atoms with van der Waals surface area (Å²) in [7, 11) is 0. The first kappa shape index (κ1) is 15.1. The Kier molecular flexibility index (Phi) is 5.63. The van der Waals surface area contributed by atoms with Gasteiger partial charge in [-0.15, -0.1) is 0 Å². The van der Waals surface area contributed by atoms with E-state index in [1.165, 1.54) is 6.07 Å². The smallest absolute Gasteiger partial charge is 0.170 e. The Bertz CT molecular complexity index is 467. The van der Waals surface area contributed by atoms with Crippen LogP contribution in [0.4, 0.5) is 14.5 Å². The SMILES string of the molecule is Fc1ccc(NC(=S)NCCN2CCOCC2)cc1F. The fourth-order valence-corrected chi connectivity index (χ4v) is 2.12. The number of anilines is 1. The van der Waals surface area contributed by atoms with E-state index in [2.05, 4.69) is 15.5 Å². The molecule has 4 nitrogen and oxygen atoms in total. The van der Waals surface area contributed by atoms with Crippen molar-refractivity contribution in [2.45, 2.75) is 0 Å². The highest BCUT2D eigenvalue weighted by atomic mass is 32.1. The molecule has 0 spiro atoms. The third kappa shape index (κ3) is 4.66. The normalized spacial score (nSPS) is 15.9. The van der Waals surface area contributed by atoms with Gasteiger partial charge in [-0.25, -0.2) is 8.78 Å². The number of morpholine rings is 1. The molecule has 0 bridgehead atoms. The molecule has 1 aliphatic rings. The highest BCUT2D eigenvalue weighted by molar-refractivity contribution is 7.80. The predicted octanol–water partition coefficient (Wildman–Crippen LogP) is 1.58. The second kappa shape index (κ2) is 7.47. The standard InChI is InChI=1S/C13H17F2N3OS/c14-11-2-1-10(9-12(11)15)17-13(20)16-3-4-18-5-7-19-8-6-18/h1-2,9H,3-8H2,(H2,16,17,20). The van der Waals surface area contributed by atoms with E-state index in [1.54, 1.807) is 0 Å². The highest BCUT2D eigenvalue weighted by Gasteiger charge is 2.09. The number of rotatable bonds is 4. The van der Waals surface area contributed by atoms with Gasteiger partial charge >= 0.3 is 0 Å². The molecule has 1 heterocycles. The van der Waals surface area contributed by atoms with Crippen molar-refractivity contribution >= 4 is 23.0 Å². The molecule has 20 heavy (non-hydrogen) atoms. The topological polar surface area (TPSA) is 36.5 Å². The Morgan fingerprint density at radius 1 is 1.25 bits per heavy atom. The summed E-state index contributed by atoms with van der Waals surface area (Å²) in [5.41, 5.74) is 0.424. The molecule has 0 saturated carbocycles. The van der Waals surface area contributed by atoms with E-state index in [-0.39, 0.29) is 0 Å². The number of hydrogen-bond donors (Lipinski definition) is 2. The van der Waals surface area contributed by atoms with E-state index in [0.717, 1.165) is 45.0 Å². The van der Waals surface area contributed by atoms with E-state index in [0.29, 0.717) is 17.3 Å². The van der Waals surface area contributed by atoms with Gasteiger partial charge in [-0.05, 0) is 24.4 Å². The van der Waals surface area contributed by atoms with Crippen molar-refractivity contribution in [3.8, 4) is 0 Å². The minimum absolute atomic E-state index is 0.393. The summed E-state index contributed by atoms with van der Waals surface area (Å²) in [5.74, 6) is -1.77.